The summed E-state index contributed by atoms with van der Waals surface area (Å²) < 4.78 is 34.2. The summed E-state index contributed by atoms with van der Waals surface area (Å²) in [5, 5.41) is 0. The third kappa shape index (κ3) is 64.1. The van der Waals surface area contributed by atoms with Gasteiger partial charge in [-0.1, -0.05) is 278 Å². The monoisotopic (exact) mass is 1140 g/mol. The first-order chi connectivity index (χ1) is 39.0. The number of phosphoric acid groups is 1. The van der Waals surface area contributed by atoms with Gasteiger partial charge in [0.2, 0.25) is 0 Å². The zero-order chi connectivity index (χ0) is 58.4. The number of nitrogens with zero attached hydrogens (tertiary/aromatic N) is 1. The molecule has 0 bridgehead atoms. The molecule has 2 atom stereocenters. The lowest BCUT2D eigenvalue weighted by molar-refractivity contribution is -0.870. The number of hydrogen-bond donors (Lipinski definition) is 0. The second kappa shape index (κ2) is 60.5. The predicted octanol–water partition coefficient (Wildman–Crippen LogP) is 20.5. The maximum Gasteiger partial charge on any atom is 0.306 e. The molecular formula is C70H124NO8P. The van der Waals surface area contributed by atoms with Crippen molar-refractivity contribution in [2.24, 2.45) is 0 Å². The van der Waals surface area contributed by atoms with E-state index in [0.29, 0.717) is 23.9 Å². The van der Waals surface area contributed by atoms with Crippen LogP contribution in [0, 0.1) is 0 Å². The lowest BCUT2D eigenvalue weighted by Gasteiger charge is -2.28. The fourth-order valence-corrected chi connectivity index (χ4v) is 9.84. The van der Waals surface area contributed by atoms with Crippen LogP contribution >= 0.6 is 7.82 Å². The maximum atomic E-state index is 12.8. The quantitative estimate of drug-likeness (QED) is 0.0195. The van der Waals surface area contributed by atoms with Gasteiger partial charge in [-0.05, 0) is 89.9 Å². The Morgan fingerprint density at radius 3 is 1.00 bits per heavy atom. The highest BCUT2D eigenvalue weighted by atomic mass is 31.2. The van der Waals surface area contributed by atoms with Crippen molar-refractivity contribution in [1.82, 2.24) is 0 Å². The smallest absolute Gasteiger partial charge is 0.306 e. The SMILES string of the molecule is CC/C=C\C/C=C\C/C=C\C/C=C\CCCCCCCCCCCCCCCCCCCCCCCCCCCCC(=O)OC(COC(=O)CCCCCC/C=C\C/C=C\C/C=C\C/C=C\CC)COP(=O)([O-])OCC[N+](C)(C)C. The number of phosphoric ester groups is 1. The van der Waals surface area contributed by atoms with Crippen LogP contribution in [0.1, 0.15) is 284 Å². The molecule has 0 radical (unpaired) electrons. The van der Waals surface area contributed by atoms with Crippen molar-refractivity contribution in [2.75, 3.05) is 47.5 Å². The van der Waals surface area contributed by atoms with Gasteiger partial charge in [-0.25, -0.2) is 0 Å². The standard InChI is InChI=1S/C70H124NO8P/c1-6-8-10-12-14-16-18-20-22-24-25-26-27-28-29-30-31-32-33-34-35-36-37-38-39-40-41-42-43-44-45-47-49-51-53-55-57-59-61-63-70(73)79-68(67-78-80(74,75)77-65-64-71(3,4)5)66-76-69(72)62-60-58-56-54-52-50-48-46-23-21-19-17-15-13-11-9-7-2/h8-11,14-17,20-23,25-26,48,50,68H,6-7,12-13,18-19,24,27-47,49,51-67H2,1-5H3/b10-8-,11-9-,16-14-,17-15-,22-20-,23-21-,26-25-,50-48-. The van der Waals surface area contributed by atoms with Gasteiger partial charge in [-0.15, -0.1) is 0 Å². The van der Waals surface area contributed by atoms with Gasteiger partial charge >= 0.3 is 11.9 Å². The first kappa shape index (κ1) is 76.9. The minimum Gasteiger partial charge on any atom is -0.756 e. The summed E-state index contributed by atoms with van der Waals surface area (Å²) in [6.07, 6.45) is 83.6. The zero-order valence-corrected chi connectivity index (χ0v) is 53.4. The van der Waals surface area contributed by atoms with Gasteiger partial charge in [0.1, 0.15) is 19.8 Å². The molecule has 0 saturated heterocycles. The van der Waals surface area contributed by atoms with Crippen molar-refractivity contribution in [3.8, 4) is 0 Å². The topological polar surface area (TPSA) is 111 Å². The molecule has 0 N–H and O–H groups in total. The largest absolute Gasteiger partial charge is 0.756 e. The van der Waals surface area contributed by atoms with Gasteiger partial charge < -0.3 is 27.9 Å². The number of allylic oxidation sites excluding steroid dienone is 16. The third-order valence-corrected chi connectivity index (χ3v) is 15.1. The van der Waals surface area contributed by atoms with Gasteiger partial charge in [0, 0.05) is 12.8 Å². The second-order valence-electron chi connectivity index (χ2n) is 23.1. The zero-order valence-electron chi connectivity index (χ0n) is 52.5. The lowest BCUT2D eigenvalue weighted by atomic mass is 10.0. The first-order valence-electron chi connectivity index (χ1n) is 32.9. The van der Waals surface area contributed by atoms with Crippen molar-refractivity contribution in [3.63, 3.8) is 0 Å². The number of rotatable bonds is 60. The maximum absolute atomic E-state index is 12.8. The Morgan fingerprint density at radius 2 is 0.675 bits per heavy atom. The van der Waals surface area contributed by atoms with Crippen LogP contribution in [0.2, 0.25) is 0 Å². The predicted molar refractivity (Wildman–Crippen MR) is 342 cm³/mol. The highest BCUT2D eigenvalue weighted by Gasteiger charge is 2.22. The Labute approximate surface area is 493 Å². The summed E-state index contributed by atoms with van der Waals surface area (Å²) in [5.41, 5.74) is 0. The second-order valence-corrected chi connectivity index (χ2v) is 24.5. The molecule has 10 heteroatoms. The highest BCUT2D eigenvalue weighted by molar-refractivity contribution is 7.45. The Hall–Kier alpha value is -3.07. The van der Waals surface area contributed by atoms with E-state index in [1.165, 1.54) is 148 Å². The number of unbranched alkanes of at least 4 members (excludes halogenated alkanes) is 30. The van der Waals surface area contributed by atoms with E-state index in [4.69, 9.17) is 18.5 Å². The summed E-state index contributed by atoms with van der Waals surface area (Å²) in [4.78, 5) is 37.9. The summed E-state index contributed by atoms with van der Waals surface area (Å²) in [7, 11) is 1.15. The minimum absolute atomic E-state index is 0.0371. The van der Waals surface area contributed by atoms with Crippen molar-refractivity contribution >= 4 is 19.8 Å². The van der Waals surface area contributed by atoms with E-state index in [2.05, 4.69) is 111 Å². The molecule has 0 aliphatic heterocycles. The van der Waals surface area contributed by atoms with E-state index in [1.807, 2.05) is 21.1 Å². The van der Waals surface area contributed by atoms with Crippen molar-refractivity contribution in [2.45, 2.75) is 290 Å². The highest BCUT2D eigenvalue weighted by Crippen LogP contribution is 2.38. The average molecular weight is 1140 g/mol. The molecule has 0 aromatic carbocycles. The lowest BCUT2D eigenvalue weighted by Crippen LogP contribution is -2.37. The van der Waals surface area contributed by atoms with Crippen LogP contribution in [0.25, 0.3) is 0 Å². The van der Waals surface area contributed by atoms with Crippen LogP contribution < -0.4 is 4.89 Å². The molecule has 0 saturated carbocycles. The molecule has 462 valence electrons. The van der Waals surface area contributed by atoms with Crippen LogP contribution in [-0.4, -0.2) is 70.0 Å². The number of likely N-dealkylation sites (N-methyl/N-ethyl adjacent to an activating group) is 1. The molecule has 0 aromatic rings. The number of hydrogen-bond acceptors (Lipinski definition) is 8. The number of ether oxygens (including phenoxy) is 2. The Kier molecular flexibility index (Phi) is 58.2. The Balaban J connectivity index is 3.95. The van der Waals surface area contributed by atoms with E-state index >= 15 is 0 Å². The summed E-state index contributed by atoms with van der Waals surface area (Å²) in [6, 6.07) is 0. The van der Waals surface area contributed by atoms with Gasteiger partial charge in [-0.2, -0.15) is 0 Å². The fourth-order valence-electron chi connectivity index (χ4n) is 9.11. The molecule has 0 heterocycles. The molecule has 0 fully saturated rings. The van der Waals surface area contributed by atoms with Crippen molar-refractivity contribution in [3.05, 3.63) is 97.2 Å². The van der Waals surface area contributed by atoms with Crippen LogP contribution in [0.5, 0.6) is 0 Å². The van der Waals surface area contributed by atoms with Crippen LogP contribution in [0.15, 0.2) is 97.2 Å². The van der Waals surface area contributed by atoms with Gasteiger partial charge in [0.05, 0.1) is 27.7 Å². The molecule has 80 heavy (non-hydrogen) atoms. The molecule has 2 unspecified atom stereocenters. The molecule has 0 rings (SSSR count). The summed E-state index contributed by atoms with van der Waals surface area (Å²) >= 11 is 0. The van der Waals surface area contributed by atoms with Crippen LogP contribution in [0.4, 0.5) is 0 Å². The Bertz CT molecular complexity index is 1670. The van der Waals surface area contributed by atoms with E-state index < -0.39 is 32.5 Å². The Morgan fingerprint density at radius 1 is 0.388 bits per heavy atom. The minimum atomic E-state index is -4.65. The molecule has 0 aromatic heterocycles. The van der Waals surface area contributed by atoms with Gasteiger partial charge in [0.15, 0.2) is 6.10 Å². The molecule has 0 aliphatic carbocycles. The average Bonchev–Trinajstić information content (AvgIpc) is 3.42. The fraction of sp³-hybridized carbons (Fsp3) is 0.743. The number of esters is 2. The van der Waals surface area contributed by atoms with Crippen molar-refractivity contribution in [1.29, 1.82) is 0 Å². The van der Waals surface area contributed by atoms with Crippen LogP contribution in [0.3, 0.4) is 0 Å². The summed E-state index contributed by atoms with van der Waals surface area (Å²) in [6.45, 7) is 4.00. The molecule has 0 spiro atoms. The van der Waals surface area contributed by atoms with Crippen molar-refractivity contribution < 1.29 is 42.1 Å². The van der Waals surface area contributed by atoms with E-state index in [1.54, 1.807) is 0 Å². The summed E-state index contributed by atoms with van der Waals surface area (Å²) in [5.74, 6) is -0.855. The number of carbonyl (C=O) groups excluding carboxylic acids is 2. The molecule has 0 aliphatic rings. The molecular weight excluding hydrogens is 1010 g/mol. The first-order valence-corrected chi connectivity index (χ1v) is 34.4. The normalized spacial score (nSPS) is 13.8. The molecule has 0 amide bonds. The van der Waals surface area contributed by atoms with Gasteiger partial charge in [-0.3, -0.25) is 14.2 Å². The van der Waals surface area contributed by atoms with Gasteiger partial charge in [0.25, 0.3) is 7.82 Å². The van der Waals surface area contributed by atoms with Crippen LogP contribution in [-0.2, 0) is 32.7 Å². The van der Waals surface area contributed by atoms with E-state index in [0.717, 1.165) is 96.3 Å². The number of quaternary nitrogens is 1. The number of carbonyl (C=O) groups is 2. The van der Waals surface area contributed by atoms with E-state index in [9.17, 15) is 19.0 Å². The molecule has 9 nitrogen and oxygen atoms in total. The van der Waals surface area contributed by atoms with E-state index in [-0.39, 0.29) is 26.1 Å². The third-order valence-electron chi connectivity index (χ3n) is 14.1.